The molecule has 132 valence electrons. The second-order valence-electron chi connectivity index (χ2n) is 6.61. The predicted molar refractivity (Wildman–Crippen MR) is 106 cm³/mol. The third-order valence-corrected chi connectivity index (χ3v) is 5.41. The van der Waals surface area contributed by atoms with Gasteiger partial charge in [-0.1, -0.05) is 36.4 Å². The molecule has 0 spiro atoms. The van der Waals surface area contributed by atoms with Crippen LogP contribution in [0.25, 0.3) is 11.3 Å². The lowest BCUT2D eigenvalue weighted by atomic mass is 10.00. The van der Waals surface area contributed by atoms with Crippen LogP contribution in [0.4, 0.5) is 5.69 Å². The molecule has 0 radical (unpaired) electrons. The molecule has 3 aromatic rings. The number of benzene rings is 2. The van der Waals surface area contributed by atoms with Crippen LogP contribution in [0.15, 0.2) is 53.9 Å². The molecule has 0 saturated carbocycles. The molecule has 1 aliphatic heterocycles. The Morgan fingerprint density at radius 1 is 1.19 bits per heavy atom. The quantitative estimate of drug-likeness (QED) is 0.758. The summed E-state index contributed by atoms with van der Waals surface area (Å²) in [6.07, 6.45) is 1.00. The zero-order valence-electron chi connectivity index (χ0n) is 14.7. The van der Waals surface area contributed by atoms with Crippen molar-refractivity contribution < 1.29 is 4.79 Å². The zero-order valence-corrected chi connectivity index (χ0v) is 15.6. The number of thiazole rings is 1. The number of nitrogens with one attached hydrogen (secondary N) is 1. The highest BCUT2D eigenvalue weighted by Gasteiger charge is 2.18. The highest BCUT2D eigenvalue weighted by atomic mass is 32.1. The Bertz CT molecular complexity index is 934. The van der Waals surface area contributed by atoms with E-state index in [0.29, 0.717) is 6.54 Å². The first-order chi connectivity index (χ1) is 12.7. The highest BCUT2D eigenvalue weighted by Crippen LogP contribution is 2.24. The summed E-state index contributed by atoms with van der Waals surface area (Å²) in [5.74, 6) is 0.0241. The average Bonchev–Trinajstić information content (AvgIpc) is 3.08. The van der Waals surface area contributed by atoms with Gasteiger partial charge in [-0.15, -0.1) is 11.3 Å². The number of carbonyl (C=O) groups is 1. The van der Waals surface area contributed by atoms with E-state index in [1.54, 1.807) is 11.3 Å². The molecule has 0 aliphatic carbocycles. The molecule has 4 rings (SSSR count). The van der Waals surface area contributed by atoms with E-state index in [9.17, 15) is 4.79 Å². The van der Waals surface area contributed by atoms with Gasteiger partial charge in [0, 0.05) is 29.7 Å². The lowest BCUT2D eigenvalue weighted by Gasteiger charge is -2.28. The van der Waals surface area contributed by atoms with E-state index in [0.717, 1.165) is 41.5 Å². The van der Waals surface area contributed by atoms with Gasteiger partial charge in [0.25, 0.3) is 0 Å². The van der Waals surface area contributed by atoms with Gasteiger partial charge in [0.2, 0.25) is 5.91 Å². The molecule has 5 heteroatoms. The Morgan fingerprint density at radius 3 is 2.85 bits per heavy atom. The van der Waals surface area contributed by atoms with Crippen molar-refractivity contribution >= 4 is 22.9 Å². The summed E-state index contributed by atoms with van der Waals surface area (Å²) in [5.41, 5.74) is 5.52. The molecule has 0 saturated heterocycles. The molecule has 26 heavy (non-hydrogen) atoms. The Labute approximate surface area is 157 Å². The molecule has 1 amide bonds. The van der Waals surface area contributed by atoms with Gasteiger partial charge in [0.1, 0.15) is 0 Å². The van der Waals surface area contributed by atoms with E-state index < -0.39 is 0 Å². The molecule has 1 N–H and O–H groups in total. The van der Waals surface area contributed by atoms with Crippen LogP contribution in [-0.4, -0.2) is 28.9 Å². The van der Waals surface area contributed by atoms with E-state index in [1.165, 1.54) is 11.1 Å². The topological polar surface area (TPSA) is 45.2 Å². The maximum Gasteiger partial charge on any atom is 0.238 e. The number of hydrogen-bond donors (Lipinski definition) is 1. The number of aryl methyl sites for hydroxylation is 1. The van der Waals surface area contributed by atoms with Crippen LogP contribution in [-0.2, 0) is 17.8 Å². The van der Waals surface area contributed by atoms with Crippen molar-refractivity contribution in [3.63, 3.8) is 0 Å². The van der Waals surface area contributed by atoms with Gasteiger partial charge >= 0.3 is 0 Å². The lowest BCUT2D eigenvalue weighted by molar-refractivity contribution is -0.117. The van der Waals surface area contributed by atoms with Crippen molar-refractivity contribution in [1.82, 2.24) is 9.88 Å². The van der Waals surface area contributed by atoms with E-state index in [1.807, 2.05) is 36.6 Å². The van der Waals surface area contributed by atoms with Gasteiger partial charge < -0.3 is 5.32 Å². The van der Waals surface area contributed by atoms with Crippen LogP contribution >= 0.6 is 11.3 Å². The van der Waals surface area contributed by atoms with Crippen molar-refractivity contribution in [3.05, 3.63) is 70.0 Å². The molecular weight excluding hydrogens is 342 g/mol. The average molecular weight is 363 g/mol. The number of rotatable bonds is 4. The fraction of sp³-hybridized carbons (Fsp3) is 0.238. The smallest absolute Gasteiger partial charge is 0.238 e. The van der Waals surface area contributed by atoms with Crippen molar-refractivity contribution in [1.29, 1.82) is 0 Å². The first-order valence-corrected chi connectivity index (χ1v) is 9.67. The Kier molecular flexibility index (Phi) is 4.82. The number of nitrogens with zero attached hydrogens (tertiary/aromatic N) is 2. The summed E-state index contributed by atoms with van der Waals surface area (Å²) in [7, 11) is 0. The maximum absolute atomic E-state index is 12.5. The largest absolute Gasteiger partial charge is 0.325 e. The second kappa shape index (κ2) is 7.40. The number of carbonyl (C=O) groups excluding carboxylic acids is 1. The van der Waals surface area contributed by atoms with Gasteiger partial charge in [0.15, 0.2) is 0 Å². The Hall–Kier alpha value is -2.50. The summed E-state index contributed by atoms with van der Waals surface area (Å²) >= 11 is 1.63. The molecule has 0 unspecified atom stereocenters. The number of anilines is 1. The molecule has 2 aromatic carbocycles. The molecule has 1 aromatic heterocycles. The third-order valence-electron chi connectivity index (χ3n) is 4.64. The van der Waals surface area contributed by atoms with Crippen LogP contribution < -0.4 is 5.32 Å². The summed E-state index contributed by atoms with van der Waals surface area (Å²) in [6.45, 7) is 4.16. The Balaban J connectivity index is 1.40. The summed E-state index contributed by atoms with van der Waals surface area (Å²) in [5, 5.41) is 6.11. The first-order valence-electron chi connectivity index (χ1n) is 8.79. The summed E-state index contributed by atoms with van der Waals surface area (Å²) in [4.78, 5) is 19.2. The van der Waals surface area contributed by atoms with E-state index in [-0.39, 0.29) is 5.91 Å². The first kappa shape index (κ1) is 16.9. The molecule has 0 fully saturated rings. The molecule has 0 atom stereocenters. The van der Waals surface area contributed by atoms with Crippen LogP contribution in [0.1, 0.15) is 16.1 Å². The minimum atomic E-state index is 0.0241. The standard InChI is InChI=1S/C21H21N3OS/c1-15-22-20(14-26-15)17-7-4-8-19(11-17)23-21(25)13-24-10-9-16-5-2-3-6-18(16)12-24/h2-8,11,14H,9-10,12-13H2,1H3,(H,23,25). The second-order valence-corrected chi connectivity index (χ2v) is 7.67. The normalized spacial score (nSPS) is 14.0. The van der Waals surface area contributed by atoms with Crippen LogP contribution in [0.5, 0.6) is 0 Å². The van der Waals surface area contributed by atoms with Gasteiger partial charge in [0.05, 0.1) is 17.2 Å². The molecule has 2 heterocycles. The maximum atomic E-state index is 12.5. The number of amides is 1. The zero-order chi connectivity index (χ0) is 17.9. The highest BCUT2D eigenvalue weighted by molar-refractivity contribution is 7.09. The number of aromatic nitrogens is 1. The fourth-order valence-corrected chi connectivity index (χ4v) is 3.97. The van der Waals surface area contributed by atoms with Gasteiger partial charge in [-0.25, -0.2) is 4.98 Å². The van der Waals surface area contributed by atoms with Crippen LogP contribution in [0, 0.1) is 6.92 Å². The minimum absolute atomic E-state index is 0.0241. The van der Waals surface area contributed by atoms with E-state index in [4.69, 9.17) is 0 Å². The molecule has 1 aliphatic rings. The van der Waals surface area contributed by atoms with Gasteiger partial charge in [-0.2, -0.15) is 0 Å². The lowest BCUT2D eigenvalue weighted by Crippen LogP contribution is -2.37. The van der Waals surface area contributed by atoms with E-state index in [2.05, 4.69) is 39.5 Å². The summed E-state index contributed by atoms with van der Waals surface area (Å²) < 4.78 is 0. The molecule has 0 bridgehead atoms. The van der Waals surface area contributed by atoms with Gasteiger partial charge in [-0.3, -0.25) is 9.69 Å². The van der Waals surface area contributed by atoms with Gasteiger partial charge in [-0.05, 0) is 36.6 Å². The minimum Gasteiger partial charge on any atom is -0.325 e. The monoisotopic (exact) mass is 363 g/mol. The van der Waals surface area contributed by atoms with E-state index >= 15 is 0 Å². The number of hydrogen-bond acceptors (Lipinski definition) is 4. The van der Waals surface area contributed by atoms with Crippen molar-refractivity contribution in [3.8, 4) is 11.3 Å². The summed E-state index contributed by atoms with van der Waals surface area (Å²) in [6, 6.07) is 16.4. The number of fused-ring (bicyclic) bond motifs is 1. The fourth-order valence-electron chi connectivity index (χ4n) is 3.35. The van der Waals surface area contributed by atoms with Crippen molar-refractivity contribution in [2.75, 3.05) is 18.4 Å². The third kappa shape index (κ3) is 3.84. The van der Waals surface area contributed by atoms with Crippen LogP contribution in [0.3, 0.4) is 0 Å². The van der Waals surface area contributed by atoms with Crippen molar-refractivity contribution in [2.45, 2.75) is 19.9 Å². The SMILES string of the molecule is Cc1nc(-c2cccc(NC(=O)CN3CCc4ccccc4C3)c2)cs1. The predicted octanol–water partition coefficient (Wildman–Crippen LogP) is 4.12. The Morgan fingerprint density at radius 2 is 2.04 bits per heavy atom. The van der Waals surface area contributed by atoms with Crippen molar-refractivity contribution in [2.24, 2.45) is 0 Å². The molecular formula is C21H21N3OS. The molecule has 4 nitrogen and oxygen atoms in total. The van der Waals surface area contributed by atoms with Crippen LogP contribution in [0.2, 0.25) is 0 Å².